The van der Waals surface area contributed by atoms with Crippen molar-refractivity contribution in [2.75, 3.05) is 9.96 Å². The summed E-state index contributed by atoms with van der Waals surface area (Å²) < 4.78 is 0. The molecule has 2 fully saturated rings. The number of fused-ring (bicyclic) bond motifs is 1. The SMILES string of the molecule is O=C1[C@@H]2[C@@H](ON(c3ccccc3)[C@H]2c2cccc(O)c2)C(=O)N1c1ccccc1. The summed E-state index contributed by atoms with van der Waals surface area (Å²) in [4.78, 5) is 33.8. The van der Waals surface area contributed by atoms with Crippen LogP contribution in [-0.2, 0) is 14.4 Å². The lowest BCUT2D eigenvalue weighted by Crippen LogP contribution is -2.37. The molecule has 144 valence electrons. The molecule has 2 amide bonds. The van der Waals surface area contributed by atoms with Gasteiger partial charge in [-0.2, -0.15) is 0 Å². The van der Waals surface area contributed by atoms with Crippen LogP contribution in [0.5, 0.6) is 5.75 Å². The van der Waals surface area contributed by atoms with Crippen molar-refractivity contribution in [3.8, 4) is 5.75 Å². The molecule has 3 aromatic carbocycles. The second kappa shape index (κ2) is 6.76. The van der Waals surface area contributed by atoms with Crippen molar-refractivity contribution < 1.29 is 19.5 Å². The number of imide groups is 1. The molecule has 2 heterocycles. The van der Waals surface area contributed by atoms with Crippen LogP contribution in [-0.4, -0.2) is 23.0 Å². The molecule has 0 radical (unpaired) electrons. The predicted octanol–water partition coefficient (Wildman–Crippen LogP) is 3.44. The predicted molar refractivity (Wildman–Crippen MR) is 107 cm³/mol. The Hall–Kier alpha value is -3.64. The van der Waals surface area contributed by atoms with Crippen LogP contribution in [0.3, 0.4) is 0 Å². The Kier molecular flexibility index (Phi) is 4.07. The minimum absolute atomic E-state index is 0.0932. The van der Waals surface area contributed by atoms with E-state index < -0.39 is 18.1 Å². The highest BCUT2D eigenvalue weighted by molar-refractivity contribution is 6.23. The number of amides is 2. The van der Waals surface area contributed by atoms with Crippen molar-refractivity contribution in [1.29, 1.82) is 0 Å². The number of phenolic OH excluding ortho intramolecular Hbond substituents is 1. The van der Waals surface area contributed by atoms with E-state index in [0.717, 1.165) is 5.69 Å². The summed E-state index contributed by atoms with van der Waals surface area (Å²) in [7, 11) is 0. The number of aromatic hydroxyl groups is 1. The molecule has 3 atom stereocenters. The first kappa shape index (κ1) is 17.5. The zero-order valence-corrected chi connectivity index (χ0v) is 15.4. The van der Waals surface area contributed by atoms with Gasteiger partial charge in [0, 0.05) is 0 Å². The molecule has 0 saturated carbocycles. The Morgan fingerprint density at radius 2 is 1.41 bits per heavy atom. The Morgan fingerprint density at radius 1 is 0.759 bits per heavy atom. The first-order valence-electron chi connectivity index (χ1n) is 9.38. The van der Waals surface area contributed by atoms with E-state index in [1.54, 1.807) is 47.5 Å². The molecule has 0 spiro atoms. The van der Waals surface area contributed by atoms with Gasteiger partial charge >= 0.3 is 0 Å². The van der Waals surface area contributed by atoms with Gasteiger partial charge in [0.25, 0.3) is 5.91 Å². The zero-order valence-electron chi connectivity index (χ0n) is 15.4. The van der Waals surface area contributed by atoms with Crippen LogP contribution in [0.15, 0.2) is 84.9 Å². The van der Waals surface area contributed by atoms with Gasteiger partial charge in [0.2, 0.25) is 5.91 Å². The van der Waals surface area contributed by atoms with Crippen molar-refractivity contribution in [3.05, 3.63) is 90.5 Å². The van der Waals surface area contributed by atoms with E-state index in [0.29, 0.717) is 11.3 Å². The minimum atomic E-state index is -0.921. The van der Waals surface area contributed by atoms with Crippen molar-refractivity contribution in [3.63, 3.8) is 0 Å². The molecule has 6 heteroatoms. The van der Waals surface area contributed by atoms with Crippen LogP contribution in [0.4, 0.5) is 11.4 Å². The van der Waals surface area contributed by atoms with E-state index in [1.807, 2.05) is 42.5 Å². The summed E-state index contributed by atoms with van der Waals surface area (Å²) in [5, 5.41) is 11.6. The van der Waals surface area contributed by atoms with E-state index in [2.05, 4.69) is 0 Å². The van der Waals surface area contributed by atoms with Crippen LogP contribution in [0, 0.1) is 5.92 Å². The van der Waals surface area contributed by atoms with Gasteiger partial charge in [-0.05, 0) is 42.0 Å². The van der Waals surface area contributed by atoms with Crippen molar-refractivity contribution in [2.24, 2.45) is 5.92 Å². The van der Waals surface area contributed by atoms with Crippen LogP contribution in [0.25, 0.3) is 0 Å². The van der Waals surface area contributed by atoms with E-state index in [-0.39, 0.29) is 17.6 Å². The third-order valence-corrected chi connectivity index (χ3v) is 5.35. The summed E-state index contributed by atoms with van der Waals surface area (Å²) in [6.07, 6.45) is -0.921. The lowest BCUT2D eigenvalue weighted by molar-refractivity contribution is -0.126. The molecule has 2 aliphatic rings. The summed E-state index contributed by atoms with van der Waals surface area (Å²) in [6, 6.07) is 24.4. The van der Waals surface area contributed by atoms with E-state index >= 15 is 0 Å². The topological polar surface area (TPSA) is 70.1 Å². The molecule has 0 bridgehead atoms. The lowest BCUT2D eigenvalue weighted by atomic mass is 9.90. The third-order valence-electron chi connectivity index (χ3n) is 5.35. The minimum Gasteiger partial charge on any atom is -0.508 e. The Labute approximate surface area is 167 Å². The van der Waals surface area contributed by atoms with Crippen LogP contribution in [0.2, 0.25) is 0 Å². The van der Waals surface area contributed by atoms with Crippen molar-refractivity contribution in [1.82, 2.24) is 0 Å². The molecule has 5 rings (SSSR count). The first-order chi connectivity index (χ1) is 14.1. The number of carbonyl (C=O) groups excluding carboxylic acids is 2. The van der Waals surface area contributed by atoms with Gasteiger partial charge in [-0.25, -0.2) is 9.96 Å². The zero-order chi connectivity index (χ0) is 20.0. The van der Waals surface area contributed by atoms with E-state index in [1.165, 1.54) is 4.90 Å². The van der Waals surface area contributed by atoms with E-state index in [4.69, 9.17) is 4.84 Å². The number of hydrogen-bond acceptors (Lipinski definition) is 5. The molecular formula is C23H18N2O4. The summed E-state index contributed by atoms with van der Waals surface area (Å²) in [5.74, 6) is -1.31. The fourth-order valence-corrected chi connectivity index (χ4v) is 4.09. The van der Waals surface area contributed by atoms with Gasteiger partial charge in [-0.15, -0.1) is 0 Å². The van der Waals surface area contributed by atoms with Gasteiger partial charge in [0.1, 0.15) is 11.7 Å². The summed E-state index contributed by atoms with van der Waals surface area (Å²) in [6.45, 7) is 0. The third kappa shape index (κ3) is 2.77. The van der Waals surface area contributed by atoms with Gasteiger partial charge < -0.3 is 5.11 Å². The number of hydroxylamine groups is 1. The quantitative estimate of drug-likeness (QED) is 0.699. The number of nitrogens with zero attached hydrogens (tertiary/aromatic N) is 2. The maximum absolute atomic E-state index is 13.4. The smallest absolute Gasteiger partial charge is 0.266 e. The number of anilines is 2. The maximum Gasteiger partial charge on any atom is 0.266 e. The molecule has 29 heavy (non-hydrogen) atoms. The molecular weight excluding hydrogens is 368 g/mol. The van der Waals surface area contributed by atoms with Crippen LogP contribution in [0.1, 0.15) is 11.6 Å². The highest BCUT2D eigenvalue weighted by Crippen LogP contribution is 2.47. The normalized spacial score (nSPS) is 23.5. The average Bonchev–Trinajstić information content (AvgIpc) is 3.26. The second-order valence-electron chi connectivity index (χ2n) is 7.10. The van der Waals surface area contributed by atoms with Gasteiger partial charge in [-0.1, -0.05) is 48.5 Å². The molecule has 0 aromatic heterocycles. The largest absolute Gasteiger partial charge is 0.508 e. The first-order valence-corrected chi connectivity index (χ1v) is 9.38. The molecule has 2 aliphatic heterocycles. The van der Waals surface area contributed by atoms with Crippen molar-refractivity contribution >= 4 is 23.2 Å². The second-order valence-corrected chi connectivity index (χ2v) is 7.10. The van der Waals surface area contributed by atoms with E-state index in [9.17, 15) is 14.7 Å². The number of rotatable bonds is 3. The van der Waals surface area contributed by atoms with Crippen LogP contribution >= 0.6 is 0 Å². The van der Waals surface area contributed by atoms with Crippen molar-refractivity contribution in [2.45, 2.75) is 12.1 Å². The fourth-order valence-electron chi connectivity index (χ4n) is 4.09. The Bertz CT molecular complexity index is 1070. The molecule has 1 N–H and O–H groups in total. The highest BCUT2D eigenvalue weighted by Gasteiger charge is 2.60. The number of carbonyl (C=O) groups is 2. The summed E-state index contributed by atoms with van der Waals surface area (Å²) in [5.41, 5.74) is 1.97. The number of phenols is 1. The monoisotopic (exact) mass is 386 g/mol. The van der Waals surface area contributed by atoms with Gasteiger partial charge in [-0.3, -0.25) is 14.4 Å². The molecule has 6 nitrogen and oxygen atoms in total. The Morgan fingerprint density at radius 3 is 2.07 bits per heavy atom. The van der Waals surface area contributed by atoms with Gasteiger partial charge in [0.05, 0.1) is 17.4 Å². The lowest BCUT2D eigenvalue weighted by Gasteiger charge is -2.28. The summed E-state index contributed by atoms with van der Waals surface area (Å²) >= 11 is 0. The molecule has 0 unspecified atom stereocenters. The molecule has 2 saturated heterocycles. The van der Waals surface area contributed by atoms with Gasteiger partial charge in [0.15, 0.2) is 6.10 Å². The Balaban J connectivity index is 1.60. The fraction of sp³-hybridized carbons (Fsp3) is 0.130. The van der Waals surface area contributed by atoms with Crippen LogP contribution < -0.4 is 9.96 Å². The highest BCUT2D eigenvalue weighted by atomic mass is 16.7. The number of para-hydroxylation sites is 2. The maximum atomic E-state index is 13.4. The molecule has 3 aromatic rings. The molecule has 0 aliphatic carbocycles. The number of hydrogen-bond donors (Lipinski definition) is 1. The average molecular weight is 386 g/mol. The number of benzene rings is 3. The standard InChI is InChI=1S/C23H18N2O4/c26-18-13-7-8-15(14-18)20-19-21(29-25(20)17-11-5-2-6-12-17)23(28)24(22(19)27)16-9-3-1-4-10-16/h1-14,19-21,26H/t19-,20-,21+/m0/s1.